The largest absolute Gasteiger partial charge is 0.493 e. The fourth-order valence-corrected chi connectivity index (χ4v) is 4.14. The van der Waals surface area contributed by atoms with Crippen LogP contribution in [0.15, 0.2) is 35.9 Å². The van der Waals surface area contributed by atoms with Crippen LogP contribution in [0.4, 0.5) is 0 Å². The van der Waals surface area contributed by atoms with Crippen molar-refractivity contribution in [3.05, 3.63) is 46.5 Å². The molecule has 1 aromatic carbocycles. The Morgan fingerprint density at radius 1 is 1.31 bits per heavy atom. The highest BCUT2D eigenvalue weighted by Crippen LogP contribution is 2.37. The Morgan fingerprint density at radius 2 is 2.14 bits per heavy atom. The molecule has 5 nitrogen and oxygen atoms in total. The summed E-state index contributed by atoms with van der Waals surface area (Å²) in [5.41, 5.74) is 7.55. The molecule has 1 aliphatic heterocycles. The molecular weight excluding hydrogens is 390 g/mol. The number of ether oxygens (including phenoxy) is 3. The van der Waals surface area contributed by atoms with Gasteiger partial charge in [-0.05, 0) is 55.7 Å². The van der Waals surface area contributed by atoms with E-state index in [1.165, 1.54) is 0 Å². The summed E-state index contributed by atoms with van der Waals surface area (Å²) < 4.78 is 17.1. The van der Waals surface area contributed by atoms with Gasteiger partial charge in [0.05, 0.1) is 18.2 Å². The van der Waals surface area contributed by atoms with E-state index in [-0.39, 0.29) is 18.1 Å². The van der Waals surface area contributed by atoms with Crippen molar-refractivity contribution in [3.8, 4) is 11.5 Å². The Hall–Kier alpha value is -1.82. The fraction of sp³-hybridized carbons (Fsp3) is 0.522. The van der Waals surface area contributed by atoms with E-state index < -0.39 is 0 Å². The average Bonchev–Trinajstić information content (AvgIpc) is 2.70. The van der Waals surface area contributed by atoms with Gasteiger partial charge in [-0.25, -0.2) is 0 Å². The lowest BCUT2D eigenvalue weighted by atomic mass is 9.92. The summed E-state index contributed by atoms with van der Waals surface area (Å²) in [6, 6.07) is 3.35. The summed E-state index contributed by atoms with van der Waals surface area (Å²) in [7, 11) is 1.55. The molecule has 0 radical (unpaired) electrons. The van der Waals surface area contributed by atoms with Crippen molar-refractivity contribution in [2.45, 2.75) is 57.8 Å². The summed E-state index contributed by atoms with van der Waals surface area (Å²) in [4.78, 5) is 12.7. The van der Waals surface area contributed by atoms with Gasteiger partial charge in [-0.3, -0.25) is 4.79 Å². The van der Waals surface area contributed by atoms with Crippen LogP contribution in [0.25, 0.3) is 0 Å². The van der Waals surface area contributed by atoms with Gasteiger partial charge in [-0.15, -0.1) is 0 Å². The SMILES string of the molecule is COc1cc(C(=O)CCC2CC(C)CC(N)O2)cc(Cl)c1OCC1=CCCC=C1. The molecule has 1 aliphatic carbocycles. The molecule has 29 heavy (non-hydrogen) atoms. The summed E-state index contributed by atoms with van der Waals surface area (Å²) in [6.07, 6.45) is 11.0. The molecule has 3 rings (SSSR count). The Balaban J connectivity index is 1.63. The summed E-state index contributed by atoms with van der Waals surface area (Å²) in [5.74, 6) is 1.44. The molecule has 0 amide bonds. The van der Waals surface area contributed by atoms with Crippen molar-refractivity contribution in [2.75, 3.05) is 13.7 Å². The van der Waals surface area contributed by atoms with E-state index in [9.17, 15) is 4.79 Å². The minimum Gasteiger partial charge on any atom is -0.493 e. The van der Waals surface area contributed by atoms with E-state index in [0.29, 0.717) is 47.5 Å². The third-order valence-corrected chi connectivity index (χ3v) is 5.65. The molecule has 1 heterocycles. The first kappa shape index (κ1) is 21.9. The predicted octanol–water partition coefficient (Wildman–Crippen LogP) is 5.07. The first-order chi connectivity index (χ1) is 14.0. The number of ketones is 1. The van der Waals surface area contributed by atoms with Gasteiger partial charge in [0, 0.05) is 12.0 Å². The first-order valence-corrected chi connectivity index (χ1v) is 10.6. The molecule has 2 N–H and O–H groups in total. The van der Waals surface area contributed by atoms with Crippen LogP contribution in [0, 0.1) is 5.92 Å². The number of hydrogen-bond acceptors (Lipinski definition) is 5. The molecule has 0 bridgehead atoms. The molecular formula is C23H30ClNO4. The maximum Gasteiger partial charge on any atom is 0.180 e. The second-order valence-corrected chi connectivity index (χ2v) is 8.28. The van der Waals surface area contributed by atoms with Gasteiger partial charge in [-0.2, -0.15) is 0 Å². The van der Waals surface area contributed by atoms with Crippen molar-refractivity contribution >= 4 is 17.4 Å². The number of allylic oxidation sites excluding steroid dienone is 2. The molecule has 2 aliphatic rings. The zero-order chi connectivity index (χ0) is 20.8. The number of methoxy groups -OCH3 is 1. The van der Waals surface area contributed by atoms with Crippen molar-refractivity contribution in [3.63, 3.8) is 0 Å². The molecule has 1 fully saturated rings. The molecule has 3 atom stereocenters. The van der Waals surface area contributed by atoms with Gasteiger partial charge in [0.25, 0.3) is 0 Å². The van der Waals surface area contributed by atoms with E-state index in [2.05, 4.69) is 25.2 Å². The normalized spacial score (nSPS) is 24.1. The number of benzene rings is 1. The molecule has 3 unspecified atom stereocenters. The molecule has 1 saturated heterocycles. The van der Waals surface area contributed by atoms with Gasteiger partial charge < -0.3 is 19.9 Å². The van der Waals surface area contributed by atoms with E-state index in [0.717, 1.165) is 31.3 Å². The Bertz CT molecular complexity index is 779. The van der Waals surface area contributed by atoms with Crippen molar-refractivity contribution in [1.82, 2.24) is 0 Å². The standard InChI is InChI=1S/C23H30ClNO4/c1-15-10-18(29-22(25)11-15)8-9-20(26)17-12-19(24)23(21(13-17)27-2)28-14-16-6-4-3-5-7-16/h4,6-7,12-13,15,18,22H,3,5,8-11,14,25H2,1-2H3. The zero-order valence-corrected chi connectivity index (χ0v) is 17.9. The third-order valence-electron chi connectivity index (χ3n) is 5.37. The predicted molar refractivity (Wildman–Crippen MR) is 115 cm³/mol. The van der Waals surface area contributed by atoms with E-state index in [1.54, 1.807) is 19.2 Å². The molecule has 6 heteroatoms. The number of rotatable bonds is 8. The van der Waals surface area contributed by atoms with Gasteiger partial charge in [0.1, 0.15) is 12.8 Å². The monoisotopic (exact) mass is 419 g/mol. The fourth-order valence-electron chi connectivity index (χ4n) is 3.87. The van der Waals surface area contributed by atoms with E-state index in [1.807, 2.05) is 0 Å². The molecule has 1 aromatic rings. The van der Waals surface area contributed by atoms with Crippen LogP contribution in [0.5, 0.6) is 11.5 Å². The summed E-state index contributed by atoms with van der Waals surface area (Å²) in [6.45, 7) is 2.58. The molecule has 0 spiro atoms. The number of carbonyl (C=O) groups excluding carboxylic acids is 1. The van der Waals surface area contributed by atoms with Gasteiger partial charge >= 0.3 is 0 Å². The Kier molecular flexibility index (Phi) is 7.76. The average molecular weight is 420 g/mol. The van der Waals surface area contributed by atoms with Crippen LogP contribution in [0.3, 0.4) is 0 Å². The topological polar surface area (TPSA) is 70.8 Å². The van der Waals surface area contributed by atoms with Crippen LogP contribution in [-0.4, -0.2) is 31.8 Å². The Labute approximate surface area is 177 Å². The zero-order valence-electron chi connectivity index (χ0n) is 17.2. The highest BCUT2D eigenvalue weighted by Gasteiger charge is 2.25. The molecule has 158 valence electrons. The van der Waals surface area contributed by atoms with Gasteiger partial charge in [0.15, 0.2) is 17.3 Å². The minimum absolute atomic E-state index is 0.00469. The lowest BCUT2D eigenvalue weighted by Crippen LogP contribution is -2.37. The maximum atomic E-state index is 12.7. The number of hydrogen-bond donors (Lipinski definition) is 1. The number of nitrogens with two attached hydrogens (primary N) is 1. The number of carbonyl (C=O) groups is 1. The van der Waals surface area contributed by atoms with Crippen molar-refractivity contribution in [2.24, 2.45) is 11.7 Å². The van der Waals surface area contributed by atoms with Crippen LogP contribution in [0.1, 0.15) is 55.8 Å². The van der Waals surface area contributed by atoms with Crippen LogP contribution < -0.4 is 15.2 Å². The first-order valence-electron chi connectivity index (χ1n) is 10.3. The number of halogens is 1. The highest BCUT2D eigenvalue weighted by molar-refractivity contribution is 6.32. The van der Waals surface area contributed by atoms with Crippen LogP contribution in [-0.2, 0) is 4.74 Å². The maximum absolute atomic E-state index is 12.7. The smallest absolute Gasteiger partial charge is 0.180 e. The summed E-state index contributed by atoms with van der Waals surface area (Å²) >= 11 is 6.43. The lowest BCUT2D eigenvalue weighted by molar-refractivity contribution is -0.0673. The quantitative estimate of drug-likeness (QED) is 0.596. The minimum atomic E-state index is -0.237. The Morgan fingerprint density at radius 3 is 2.83 bits per heavy atom. The van der Waals surface area contributed by atoms with Crippen molar-refractivity contribution in [1.29, 1.82) is 0 Å². The van der Waals surface area contributed by atoms with Crippen molar-refractivity contribution < 1.29 is 19.0 Å². The van der Waals surface area contributed by atoms with E-state index >= 15 is 0 Å². The van der Waals surface area contributed by atoms with Crippen LogP contribution >= 0.6 is 11.6 Å². The third kappa shape index (κ3) is 6.08. The lowest BCUT2D eigenvalue weighted by Gasteiger charge is -2.31. The highest BCUT2D eigenvalue weighted by atomic mass is 35.5. The second kappa shape index (κ2) is 10.3. The molecule has 0 saturated carbocycles. The molecule has 0 aromatic heterocycles. The van der Waals surface area contributed by atoms with Crippen LogP contribution in [0.2, 0.25) is 5.02 Å². The van der Waals surface area contributed by atoms with Gasteiger partial charge in [-0.1, -0.05) is 36.8 Å². The van der Waals surface area contributed by atoms with Gasteiger partial charge in [0.2, 0.25) is 0 Å². The van der Waals surface area contributed by atoms with E-state index in [4.69, 9.17) is 31.5 Å². The number of Topliss-reactive ketones (excluding diaryl/α,β-unsaturated/α-hetero) is 1. The summed E-state index contributed by atoms with van der Waals surface area (Å²) in [5, 5.41) is 0.373. The second-order valence-electron chi connectivity index (χ2n) is 7.87.